The van der Waals surface area contributed by atoms with Crippen LogP contribution in [0.2, 0.25) is 0 Å². The molecule has 0 heterocycles. The topological polar surface area (TPSA) is 90.3 Å². The van der Waals surface area contributed by atoms with Crippen LogP contribution in [0.1, 0.15) is 16.7 Å². The van der Waals surface area contributed by atoms with Crippen LogP contribution < -0.4 is 4.72 Å². The van der Waals surface area contributed by atoms with Gasteiger partial charge in [-0.2, -0.15) is 5.26 Å². The second kappa shape index (κ2) is 6.49. The van der Waals surface area contributed by atoms with Crippen LogP contribution in [0.4, 0.5) is 5.69 Å². The van der Waals surface area contributed by atoms with Gasteiger partial charge in [0.05, 0.1) is 11.9 Å². The molecular formula is C17H19N3O3S. The largest absolute Gasteiger partial charge is 0.382 e. The van der Waals surface area contributed by atoms with E-state index in [9.17, 15) is 13.2 Å². The Bertz CT molecular complexity index is 904. The lowest BCUT2D eigenvalue weighted by atomic mass is 10.0. The molecule has 0 unspecified atom stereocenters. The Labute approximate surface area is 142 Å². The van der Waals surface area contributed by atoms with E-state index in [1.807, 2.05) is 12.1 Å². The number of anilines is 1. The molecular weight excluding hydrogens is 326 g/mol. The number of sulfonamides is 1. The molecule has 0 saturated heterocycles. The summed E-state index contributed by atoms with van der Waals surface area (Å²) in [5.41, 5.74) is 3.60. The van der Waals surface area contributed by atoms with Gasteiger partial charge < -0.3 is 4.90 Å². The molecule has 0 spiro atoms. The molecule has 0 aliphatic heterocycles. The van der Waals surface area contributed by atoms with Crippen LogP contribution in [0.15, 0.2) is 29.5 Å². The van der Waals surface area contributed by atoms with Crippen LogP contribution in [0.5, 0.6) is 0 Å². The number of carbonyl (C=O) groups excluding carboxylic acids is 1. The Hall–Kier alpha value is -2.59. The average Bonchev–Trinajstić information content (AvgIpc) is 2.85. The first-order chi connectivity index (χ1) is 11.1. The van der Waals surface area contributed by atoms with E-state index in [1.54, 1.807) is 38.1 Å². The molecule has 0 amide bonds. The van der Waals surface area contributed by atoms with Crippen molar-refractivity contribution in [2.45, 2.75) is 13.3 Å². The summed E-state index contributed by atoms with van der Waals surface area (Å²) in [7, 11) is 0.117. The molecule has 1 aromatic rings. The number of hydrogen-bond acceptors (Lipinski definition) is 5. The highest BCUT2D eigenvalue weighted by Gasteiger charge is 2.23. The number of Topliss-reactive ketones (excluding diaryl/α,β-unsaturated/α-hetero) is 1. The third-order valence-electron chi connectivity index (χ3n) is 3.54. The molecule has 0 radical (unpaired) electrons. The molecule has 1 aliphatic carbocycles. The molecule has 7 heteroatoms. The van der Waals surface area contributed by atoms with Gasteiger partial charge in [-0.15, -0.1) is 0 Å². The third-order valence-corrected chi connectivity index (χ3v) is 4.13. The smallest absolute Gasteiger partial charge is 0.229 e. The van der Waals surface area contributed by atoms with E-state index in [-0.39, 0.29) is 11.4 Å². The Kier molecular flexibility index (Phi) is 4.81. The summed E-state index contributed by atoms with van der Waals surface area (Å²) in [6.45, 7) is 1.81. The highest BCUT2D eigenvalue weighted by Crippen LogP contribution is 2.31. The van der Waals surface area contributed by atoms with Gasteiger partial charge in [0.25, 0.3) is 0 Å². The fraction of sp³-hybridized carbons (Fsp3) is 0.294. The van der Waals surface area contributed by atoms with Gasteiger partial charge in [-0.1, -0.05) is 6.07 Å². The van der Waals surface area contributed by atoms with E-state index in [4.69, 9.17) is 5.26 Å². The maximum Gasteiger partial charge on any atom is 0.229 e. The Morgan fingerprint density at radius 1 is 1.38 bits per heavy atom. The zero-order chi connectivity index (χ0) is 18.1. The standard InChI is InChI=1S/C17H19N3O3S/c1-11-5-12-6-14(17(21)15(9-18)10-20(2)3)7-13(12)8-16(11)19-24(4,22)23/h5,7-8,10,19H,6H2,1-4H3. The van der Waals surface area contributed by atoms with Crippen LogP contribution in [-0.4, -0.2) is 39.5 Å². The number of ketones is 1. The number of nitrogens with one attached hydrogen (secondary N) is 1. The zero-order valence-corrected chi connectivity index (χ0v) is 14.9. The number of hydrogen-bond donors (Lipinski definition) is 1. The second-order valence-corrected chi connectivity index (χ2v) is 7.78. The molecule has 0 bridgehead atoms. The molecule has 0 saturated carbocycles. The van der Waals surface area contributed by atoms with Crippen molar-refractivity contribution >= 4 is 27.6 Å². The van der Waals surface area contributed by atoms with Crippen LogP contribution in [-0.2, 0) is 21.2 Å². The van der Waals surface area contributed by atoms with Crippen molar-refractivity contribution in [2.24, 2.45) is 0 Å². The van der Waals surface area contributed by atoms with Crippen molar-refractivity contribution in [2.75, 3.05) is 25.1 Å². The summed E-state index contributed by atoms with van der Waals surface area (Å²) in [5.74, 6) is -0.308. The van der Waals surface area contributed by atoms with E-state index in [0.717, 1.165) is 22.9 Å². The summed E-state index contributed by atoms with van der Waals surface area (Å²) >= 11 is 0. The maximum atomic E-state index is 12.5. The number of fused-ring (bicyclic) bond motifs is 1. The summed E-state index contributed by atoms with van der Waals surface area (Å²) in [4.78, 5) is 14.1. The van der Waals surface area contributed by atoms with Gasteiger partial charge in [0.2, 0.25) is 15.8 Å². The summed E-state index contributed by atoms with van der Waals surface area (Å²) in [6.07, 6.45) is 4.73. The number of benzene rings is 1. The first-order valence-corrected chi connectivity index (χ1v) is 9.15. The van der Waals surface area contributed by atoms with Crippen molar-refractivity contribution in [1.29, 1.82) is 5.26 Å². The fourth-order valence-electron chi connectivity index (χ4n) is 2.54. The molecule has 6 nitrogen and oxygen atoms in total. The van der Waals surface area contributed by atoms with E-state index in [0.29, 0.717) is 17.7 Å². The molecule has 0 fully saturated rings. The first-order valence-electron chi connectivity index (χ1n) is 7.25. The van der Waals surface area contributed by atoms with Gasteiger partial charge >= 0.3 is 0 Å². The Balaban J connectivity index is 2.36. The van der Waals surface area contributed by atoms with Crippen LogP contribution in [0.25, 0.3) is 6.08 Å². The van der Waals surface area contributed by atoms with Crippen molar-refractivity contribution in [3.63, 3.8) is 0 Å². The maximum absolute atomic E-state index is 12.5. The minimum absolute atomic E-state index is 0.0743. The molecule has 1 aliphatic rings. The van der Waals surface area contributed by atoms with Crippen molar-refractivity contribution < 1.29 is 13.2 Å². The minimum Gasteiger partial charge on any atom is -0.382 e. The normalized spacial score (nSPS) is 13.8. The molecule has 126 valence electrons. The third kappa shape index (κ3) is 4.03. The van der Waals surface area contributed by atoms with Gasteiger partial charge in [0.15, 0.2) is 0 Å². The SMILES string of the molecule is Cc1cc2c(cc1NS(C)(=O)=O)C=C(C(=O)C(C#N)=CN(C)C)C2. The van der Waals surface area contributed by atoms with E-state index in [2.05, 4.69) is 4.72 Å². The Morgan fingerprint density at radius 2 is 2.04 bits per heavy atom. The molecule has 0 aromatic heterocycles. The fourth-order valence-corrected chi connectivity index (χ4v) is 3.16. The molecule has 2 rings (SSSR count). The number of rotatable bonds is 5. The lowest BCUT2D eigenvalue weighted by Gasteiger charge is -2.10. The highest BCUT2D eigenvalue weighted by atomic mass is 32.2. The van der Waals surface area contributed by atoms with Gasteiger partial charge in [0, 0.05) is 32.3 Å². The number of allylic oxidation sites excluding steroid dienone is 2. The zero-order valence-electron chi connectivity index (χ0n) is 14.0. The van der Waals surface area contributed by atoms with E-state index >= 15 is 0 Å². The lowest BCUT2D eigenvalue weighted by Crippen LogP contribution is -2.11. The molecule has 1 aromatic carbocycles. The summed E-state index contributed by atoms with van der Waals surface area (Å²) < 4.78 is 25.3. The predicted molar refractivity (Wildman–Crippen MR) is 93.7 cm³/mol. The number of carbonyl (C=O) groups is 1. The molecule has 1 N–H and O–H groups in total. The Morgan fingerprint density at radius 3 is 2.58 bits per heavy atom. The minimum atomic E-state index is -3.37. The predicted octanol–water partition coefficient (Wildman–Crippen LogP) is 1.84. The van der Waals surface area contributed by atoms with Gasteiger partial charge in [-0.05, 0) is 35.8 Å². The lowest BCUT2D eigenvalue weighted by molar-refractivity contribution is -0.111. The van der Waals surface area contributed by atoms with Crippen molar-refractivity contribution in [3.05, 3.63) is 46.2 Å². The molecule has 0 atom stereocenters. The quantitative estimate of drug-likeness (QED) is 0.650. The molecule has 24 heavy (non-hydrogen) atoms. The first kappa shape index (κ1) is 17.8. The average molecular weight is 345 g/mol. The summed E-state index contributed by atoms with van der Waals surface area (Å²) in [6, 6.07) is 5.51. The van der Waals surface area contributed by atoms with Gasteiger partial charge in [-0.3, -0.25) is 9.52 Å². The summed E-state index contributed by atoms with van der Waals surface area (Å²) in [5, 5.41) is 9.17. The van der Waals surface area contributed by atoms with Crippen molar-refractivity contribution in [3.8, 4) is 6.07 Å². The van der Waals surface area contributed by atoms with Crippen LogP contribution in [0, 0.1) is 18.3 Å². The number of aryl methyl sites for hydroxylation is 1. The number of nitrogens with zero attached hydrogens (tertiary/aromatic N) is 2. The van der Waals surface area contributed by atoms with Gasteiger partial charge in [-0.25, -0.2) is 8.42 Å². The number of nitriles is 1. The monoisotopic (exact) mass is 345 g/mol. The highest BCUT2D eigenvalue weighted by molar-refractivity contribution is 7.92. The van der Waals surface area contributed by atoms with Crippen molar-refractivity contribution in [1.82, 2.24) is 4.90 Å². The van der Waals surface area contributed by atoms with Crippen LogP contribution in [0.3, 0.4) is 0 Å². The van der Waals surface area contributed by atoms with E-state index in [1.165, 1.54) is 6.20 Å². The second-order valence-electron chi connectivity index (χ2n) is 6.03. The van der Waals surface area contributed by atoms with Gasteiger partial charge in [0.1, 0.15) is 11.6 Å². The van der Waals surface area contributed by atoms with E-state index < -0.39 is 10.0 Å². The van der Waals surface area contributed by atoms with Crippen LogP contribution >= 0.6 is 0 Å².